The summed E-state index contributed by atoms with van der Waals surface area (Å²) in [5, 5.41) is 11.5. The van der Waals surface area contributed by atoms with Crippen LogP contribution < -0.4 is 10.1 Å². The van der Waals surface area contributed by atoms with Gasteiger partial charge in [0, 0.05) is 5.75 Å². The number of carbonyl (C=O) groups is 1. The molecule has 1 atom stereocenters. The number of ether oxygens (including phenoxy) is 1. The van der Waals surface area contributed by atoms with E-state index in [-0.39, 0.29) is 5.91 Å². The normalized spacial score (nSPS) is 12.5. The third-order valence-electron chi connectivity index (χ3n) is 3.64. The van der Waals surface area contributed by atoms with Gasteiger partial charge in [0.25, 0.3) is 5.91 Å². The third kappa shape index (κ3) is 5.99. The van der Waals surface area contributed by atoms with E-state index in [4.69, 9.17) is 4.74 Å². The number of hydrogen-bond acceptors (Lipinski definition) is 6. The number of amides is 1. The SMILES string of the molecule is Cc1ccc(C(C)C)c(O[C@H](C)C(=O)Nc2nnc(SCC(C)C)s2)c1. The molecular formula is C19H27N3O2S2. The molecule has 1 heterocycles. The monoisotopic (exact) mass is 393 g/mol. The number of aryl methyl sites for hydroxylation is 1. The highest BCUT2D eigenvalue weighted by atomic mass is 32.2. The summed E-state index contributed by atoms with van der Waals surface area (Å²) in [6.07, 6.45) is -0.620. The average molecular weight is 394 g/mol. The molecule has 0 aliphatic rings. The second kappa shape index (κ2) is 9.37. The third-order valence-corrected chi connectivity index (χ3v) is 6.04. The molecule has 0 fully saturated rings. The molecule has 0 saturated heterocycles. The molecule has 26 heavy (non-hydrogen) atoms. The van der Waals surface area contributed by atoms with E-state index in [1.807, 2.05) is 13.0 Å². The fourth-order valence-electron chi connectivity index (χ4n) is 2.23. The highest BCUT2D eigenvalue weighted by Gasteiger charge is 2.19. The van der Waals surface area contributed by atoms with Gasteiger partial charge in [-0.15, -0.1) is 10.2 Å². The molecular weight excluding hydrogens is 366 g/mol. The van der Waals surface area contributed by atoms with Gasteiger partial charge in [-0.3, -0.25) is 10.1 Å². The fourth-order valence-corrected chi connectivity index (χ4v) is 3.96. The van der Waals surface area contributed by atoms with Gasteiger partial charge in [-0.2, -0.15) is 0 Å². The molecule has 1 aromatic carbocycles. The minimum absolute atomic E-state index is 0.224. The van der Waals surface area contributed by atoms with Crippen molar-refractivity contribution in [3.63, 3.8) is 0 Å². The van der Waals surface area contributed by atoms with Crippen LogP contribution in [-0.4, -0.2) is 28.0 Å². The Kier molecular flexibility index (Phi) is 7.46. The Bertz CT molecular complexity index is 744. The van der Waals surface area contributed by atoms with Crippen LogP contribution in [0.3, 0.4) is 0 Å². The van der Waals surface area contributed by atoms with Gasteiger partial charge >= 0.3 is 0 Å². The lowest BCUT2D eigenvalue weighted by Crippen LogP contribution is -2.30. The van der Waals surface area contributed by atoms with Crippen molar-refractivity contribution in [3.8, 4) is 5.75 Å². The maximum atomic E-state index is 12.5. The van der Waals surface area contributed by atoms with Crippen LogP contribution in [0.2, 0.25) is 0 Å². The molecule has 1 N–H and O–H groups in total. The average Bonchev–Trinajstić information content (AvgIpc) is 3.00. The van der Waals surface area contributed by atoms with Crippen LogP contribution in [0.25, 0.3) is 0 Å². The number of thioether (sulfide) groups is 1. The zero-order valence-corrected chi connectivity index (χ0v) is 17.8. The summed E-state index contributed by atoms with van der Waals surface area (Å²) in [4.78, 5) is 12.5. The number of carbonyl (C=O) groups excluding carboxylic acids is 1. The molecule has 0 radical (unpaired) electrons. The Morgan fingerprint density at radius 1 is 1.23 bits per heavy atom. The van der Waals surface area contributed by atoms with Crippen molar-refractivity contribution in [3.05, 3.63) is 29.3 Å². The Hall–Kier alpha value is -1.60. The first kappa shape index (κ1) is 20.7. The van der Waals surface area contributed by atoms with Crippen LogP contribution in [0, 0.1) is 12.8 Å². The number of hydrogen-bond donors (Lipinski definition) is 1. The lowest BCUT2D eigenvalue weighted by Gasteiger charge is -2.18. The number of anilines is 1. The molecule has 0 aliphatic heterocycles. The largest absolute Gasteiger partial charge is 0.481 e. The number of aromatic nitrogens is 2. The van der Waals surface area contributed by atoms with Crippen LogP contribution in [0.5, 0.6) is 5.75 Å². The lowest BCUT2D eigenvalue weighted by atomic mass is 10.0. The summed E-state index contributed by atoms with van der Waals surface area (Å²) >= 11 is 3.05. The number of rotatable bonds is 8. The summed E-state index contributed by atoms with van der Waals surface area (Å²) in [6, 6.07) is 6.10. The summed E-state index contributed by atoms with van der Waals surface area (Å²) in [6.45, 7) is 12.3. The van der Waals surface area contributed by atoms with Crippen molar-refractivity contribution in [2.75, 3.05) is 11.1 Å². The first-order valence-corrected chi connectivity index (χ1v) is 10.6. The first-order chi connectivity index (χ1) is 12.3. The second-order valence-electron chi connectivity index (χ2n) is 7.02. The smallest absolute Gasteiger partial charge is 0.266 e. The molecule has 0 spiro atoms. The predicted molar refractivity (Wildman–Crippen MR) is 109 cm³/mol. The van der Waals surface area contributed by atoms with E-state index in [1.54, 1.807) is 18.7 Å². The van der Waals surface area contributed by atoms with Crippen LogP contribution in [0.1, 0.15) is 51.7 Å². The van der Waals surface area contributed by atoms with Crippen molar-refractivity contribution in [2.45, 2.75) is 57.9 Å². The van der Waals surface area contributed by atoms with Gasteiger partial charge < -0.3 is 4.74 Å². The molecule has 7 heteroatoms. The van der Waals surface area contributed by atoms with Crippen LogP contribution in [0.4, 0.5) is 5.13 Å². The van der Waals surface area contributed by atoms with Gasteiger partial charge in [0.05, 0.1) is 0 Å². The Morgan fingerprint density at radius 3 is 2.62 bits per heavy atom. The van der Waals surface area contributed by atoms with E-state index >= 15 is 0 Å². The summed E-state index contributed by atoms with van der Waals surface area (Å²) in [5.41, 5.74) is 2.20. The number of benzene rings is 1. The minimum Gasteiger partial charge on any atom is -0.481 e. The summed E-state index contributed by atoms with van der Waals surface area (Å²) in [7, 11) is 0. The highest BCUT2D eigenvalue weighted by molar-refractivity contribution is 8.01. The lowest BCUT2D eigenvalue weighted by molar-refractivity contribution is -0.122. The molecule has 1 amide bonds. The molecule has 0 aliphatic carbocycles. The molecule has 5 nitrogen and oxygen atoms in total. The molecule has 2 rings (SSSR count). The zero-order valence-electron chi connectivity index (χ0n) is 16.2. The van der Waals surface area contributed by atoms with Crippen LogP contribution in [-0.2, 0) is 4.79 Å². The maximum Gasteiger partial charge on any atom is 0.266 e. The van der Waals surface area contributed by atoms with Crippen molar-refractivity contribution in [1.29, 1.82) is 0 Å². The topological polar surface area (TPSA) is 64.1 Å². The summed E-state index contributed by atoms with van der Waals surface area (Å²) < 4.78 is 6.81. The molecule has 0 unspecified atom stereocenters. The Balaban J connectivity index is 1.99. The predicted octanol–water partition coefficient (Wildman–Crippen LogP) is 5.12. The van der Waals surface area contributed by atoms with Crippen LogP contribution in [0.15, 0.2) is 22.5 Å². The zero-order chi connectivity index (χ0) is 19.3. The van der Waals surface area contributed by atoms with Gasteiger partial charge in [-0.05, 0) is 42.9 Å². The molecule has 1 aromatic heterocycles. The van der Waals surface area contributed by atoms with Gasteiger partial charge in [-0.25, -0.2) is 0 Å². The van der Waals surface area contributed by atoms with E-state index in [0.29, 0.717) is 17.0 Å². The molecule has 0 bridgehead atoms. The van der Waals surface area contributed by atoms with Crippen molar-refractivity contribution < 1.29 is 9.53 Å². The quantitative estimate of drug-likeness (QED) is 0.498. The maximum absolute atomic E-state index is 12.5. The van der Waals surface area contributed by atoms with E-state index in [1.165, 1.54) is 11.3 Å². The minimum atomic E-state index is -0.620. The van der Waals surface area contributed by atoms with E-state index in [9.17, 15) is 4.79 Å². The number of nitrogens with zero attached hydrogens (tertiary/aromatic N) is 2. The summed E-state index contributed by atoms with van der Waals surface area (Å²) in [5.74, 6) is 2.42. The molecule has 0 saturated carbocycles. The van der Waals surface area contributed by atoms with Crippen molar-refractivity contribution in [2.24, 2.45) is 5.92 Å². The standard InChI is InChI=1S/C19H27N3O2S2/c1-11(2)10-25-19-22-21-18(26-19)20-17(23)14(6)24-16-9-13(5)7-8-15(16)12(3)4/h7-9,11-12,14H,10H2,1-6H3,(H,20,21,23)/t14-/m1/s1. The van der Waals surface area contributed by atoms with Crippen LogP contribution >= 0.6 is 23.1 Å². The van der Waals surface area contributed by atoms with Gasteiger partial charge in [0.2, 0.25) is 5.13 Å². The van der Waals surface area contributed by atoms with E-state index in [2.05, 4.69) is 55.3 Å². The van der Waals surface area contributed by atoms with E-state index < -0.39 is 6.10 Å². The molecule has 2 aromatic rings. The van der Waals surface area contributed by atoms with Gasteiger partial charge in [0.15, 0.2) is 10.4 Å². The van der Waals surface area contributed by atoms with Gasteiger partial charge in [0.1, 0.15) is 5.75 Å². The Morgan fingerprint density at radius 2 is 1.96 bits per heavy atom. The van der Waals surface area contributed by atoms with Crippen molar-refractivity contribution in [1.82, 2.24) is 10.2 Å². The fraction of sp³-hybridized carbons (Fsp3) is 0.526. The molecule has 142 valence electrons. The van der Waals surface area contributed by atoms with E-state index in [0.717, 1.165) is 27.0 Å². The Labute approximate surface area is 163 Å². The second-order valence-corrected chi connectivity index (χ2v) is 9.27. The highest BCUT2D eigenvalue weighted by Crippen LogP contribution is 2.29. The van der Waals surface area contributed by atoms with Gasteiger partial charge in [-0.1, -0.05) is 62.9 Å². The van der Waals surface area contributed by atoms with Crippen molar-refractivity contribution >= 4 is 34.1 Å². The number of nitrogens with one attached hydrogen (secondary N) is 1. The first-order valence-electron chi connectivity index (χ1n) is 8.80.